The first-order chi connectivity index (χ1) is 9.11. The molecule has 100 valence electrons. The fraction of sp³-hybridized carbons (Fsp3) is 0.429. The third kappa shape index (κ3) is 3.18. The van der Waals surface area contributed by atoms with Crippen LogP contribution < -0.4 is 4.90 Å². The second-order valence-electron chi connectivity index (χ2n) is 4.72. The summed E-state index contributed by atoms with van der Waals surface area (Å²) in [6.45, 7) is 0.834. The minimum Gasteiger partial charge on any atom is -0.481 e. The number of carboxylic acids is 1. The fourth-order valence-corrected chi connectivity index (χ4v) is 2.74. The molecule has 1 N–H and O–H groups in total. The van der Waals surface area contributed by atoms with Crippen LogP contribution in [0.2, 0.25) is 5.02 Å². The first-order valence-corrected chi connectivity index (χ1v) is 6.67. The predicted octanol–water partition coefficient (Wildman–Crippen LogP) is 3.05. The highest BCUT2D eigenvalue weighted by atomic mass is 35.5. The Bertz CT molecular complexity index is 525. The SMILES string of the molecule is N#Cc1ccc(N2CCCCC2CC(=O)O)cc1Cl. The van der Waals surface area contributed by atoms with Crippen LogP contribution in [0.4, 0.5) is 5.69 Å². The zero-order valence-corrected chi connectivity index (χ0v) is 11.2. The maximum absolute atomic E-state index is 10.9. The molecule has 2 rings (SSSR count). The van der Waals surface area contributed by atoms with Crippen molar-refractivity contribution >= 4 is 23.3 Å². The molecule has 0 spiro atoms. The molecule has 0 amide bonds. The summed E-state index contributed by atoms with van der Waals surface area (Å²) in [6.07, 6.45) is 3.12. The number of rotatable bonds is 3. The molecule has 1 aromatic rings. The molecule has 0 aromatic heterocycles. The van der Waals surface area contributed by atoms with Crippen LogP contribution in [-0.4, -0.2) is 23.7 Å². The molecule has 0 saturated carbocycles. The Morgan fingerprint density at radius 2 is 2.32 bits per heavy atom. The molecule has 0 bridgehead atoms. The number of hydrogen-bond acceptors (Lipinski definition) is 3. The van der Waals surface area contributed by atoms with E-state index in [-0.39, 0.29) is 12.5 Å². The number of carbonyl (C=O) groups is 1. The summed E-state index contributed by atoms with van der Waals surface area (Å²) in [5, 5.41) is 18.3. The standard InChI is InChI=1S/C14H15ClN2O2/c15-13-7-12(5-4-10(13)9-16)17-6-2-1-3-11(17)8-14(18)19/h4-5,7,11H,1-3,6,8H2,(H,18,19). The maximum atomic E-state index is 10.9. The van der Waals surface area contributed by atoms with Crippen LogP contribution in [0, 0.1) is 11.3 Å². The highest BCUT2D eigenvalue weighted by Gasteiger charge is 2.25. The Hall–Kier alpha value is -1.73. The molecule has 1 aromatic carbocycles. The van der Waals surface area contributed by atoms with Gasteiger partial charge in [-0.15, -0.1) is 0 Å². The second kappa shape index (κ2) is 5.94. The Kier molecular flexibility index (Phi) is 4.28. The molecular formula is C14H15ClN2O2. The Morgan fingerprint density at radius 1 is 1.53 bits per heavy atom. The van der Waals surface area contributed by atoms with Crippen LogP contribution in [0.5, 0.6) is 0 Å². The van der Waals surface area contributed by atoms with Gasteiger partial charge in [0.1, 0.15) is 6.07 Å². The van der Waals surface area contributed by atoms with E-state index in [1.807, 2.05) is 12.1 Å². The first-order valence-electron chi connectivity index (χ1n) is 6.30. The summed E-state index contributed by atoms with van der Waals surface area (Å²) in [5.74, 6) is -0.781. The van der Waals surface area contributed by atoms with Crippen molar-refractivity contribution in [1.29, 1.82) is 5.26 Å². The third-order valence-electron chi connectivity index (χ3n) is 3.44. The molecule has 0 aliphatic carbocycles. The van der Waals surface area contributed by atoms with E-state index < -0.39 is 5.97 Å². The fourth-order valence-electron chi connectivity index (χ4n) is 2.53. The van der Waals surface area contributed by atoms with Crippen molar-refractivity contribution in [3.05, 3.63) is 28.8 Å². The van der Waals surface area contributed by atoms with Gasteiger partial charge < -0.3 is 10.0 Å². The molecule has 1 saturated heterocycles. The van der Waals surface area contributed by atoms with Crippen molar-refractivity contribution in [1.82, 2.24) is 0 Å². The molecule has 19 heavy (non-hydrogen) atoms. The van der Waals surface area contributed by atoms with Gasteiger partial charge in [0, 0.05) is 18.3 Å². The molecule has 0 radical (unpaired) electrons. The summed E-state index contributed by atoms with van der Waals surface area (Å²) in [5.41, 5.74) is 1.34. The van der Waals surface area contributed by atoms with E-state index in [9.17, 15) is 4.79 Å². The zero-order chi connectivity index (χ0) is 13.8. The number of carboxylic acid groups (broad SMARTS) is 1. The molecule has 1 heterocycles. The van der Waals surface area contributed by atoms with E-state index in [1.54, 1.807) is 12.1 Å². The number of hydrogen-bond donors (Lipinski definition) is 1. The van der Waals surface area contributed by atoms with E-state index in [0.717, 1.165) is 31.5 Å². The van der Waals surface area contributed by atoms with Crippen molar-refractivity contribution < 1.29 is 9.90 Å². The van der Waals surface area contributed by atoms with Gasteiger partial charge in [0.25, 0.3) is 0 Å². The zero-order valence-electron chi connectivity index (χ0n) is 10.5. The van der Waals surface area contributed by atoms with Crippen LogP contribution in [0.1, 0.15) is 31.2 Å². The summed E-state index contributed by atoms with van der Waals surface area (Å²) in [4.78, 5) is 13.0. The lowest BCUT2D eigenvalue weighted by atomic mass is 9.98. The maximum Gasteiger partial charge on any atom is 0.305 e. The Morgan fingerprint density at radius 3 is 2.95 bits per heavy atom. The number of halogens is 1. The van der Waals surface area contributed by atoms with E-state index in [0.29, 0.717) is 10.6 Å². The van der Waals surface area contributed by atoms with Crippen LogP contribution in [-0.2, 0) is 4.79 Å². The van der Waals surface area contributed by atoms with Crippen molar-refractivity contribution in [2.75, 3.05) is 11.4 Å². The van der Waals surface area contributed by atoms with Gasteiger partial charge in [-0.05, 0) is 37.5 Å². The van der Waals surface area contributed by atoms with E-state index in [2.05, 4.69) is 4.90 Å². The van der Waals surface area contributed by atoms with Crippen LogP contribution in [0.3, 0.4) is 0 Å². The van der Waals surface area contributed by atoms with Crippen molar-refractivity contribution in [2.24, 2.45) is 0 Å². The molecule has 1 atom stereocenters. The van der Waals surface area contributed by atoms with Crippen LogP contribution in [0.25, 0.3) is 0 Å². The minimum atomic E-state index is -0.781. The first kappa shape index (κ1) is 13.7. The number of piperidine rings is 1. The predicted molar refractivity (Wildman–Crippen MR) is 73.4 cm³/mol. The number of nitriles is 1. The Balaban J connectivity index is 2.25. The highest BCUT2D eigenvalue weighted by molar-refractivity contribution is 6.32. The number of benzene rings is 1. The lowest BCUT2D eigenvalue weighted by Gasteiger charge is -2.37. The number of nitrogens with zero attached hydrogens (tertiary/aromatic N) is 2. The van der Waals surface area contributed by atoms with E-state index >= 15 is 0 Å². The monoisotopic (exact) mass is 278 g/mol. The highest BCUT2D eigenvalue weighted by Crippen LogP contribution is 2.29. The number of aliphatic carboxylic acids is 1. The van der Waals surface area contributed by atoms with Gasteiger partial charge in [-0.1, -0.05) is 11.6 Å². The Labute approximate surface area is 117 Å². The molecule has 1 aliphatic heterocycles. The number of anilines is 1. The van der Waals surface area contributed by atoms with E-state index in [1.165, 1.54) is 0 Å². The van der Waals surface area contributed by atoms with Gasteiger partial charge in [0.2, 0.25) is 0 Å². The molecular weight excluding hydrogens is 264 g/mol. The normalized spacial score (nSPS) is 18.9. The summed E-state index contributed by atoms with van der Waals surface area (Å²) in [6, 6.07) is 7.31. The van der Waals surface area contributed by atoms with Gasteiger partial charge in [-0.2, -0.15) is 5.26 Å². The topological polar surface area (TPSA) is 64.3 Å². The van der Waals surface area contributed by atoms with Gasteiger partial charge >= 0.3 is 5.97 Å². The smallest absolute Gasteiger partial charge is 0.305 e. The third-order valence-corrected chi connectivity index (χ3v) is 3.75. The molecule has 1 unspecified atom stereocenters. The summed E-state index contributed by atoms with van der Waals surface area (Å²) in [7, 11) is 0. The summed E-state index contributed by atoms with van der Waals surface area (Å²) >= 11 is 6.04. The van der Waals surface area contributed by atoms with Crippen molar-refractivity contribution in [2.45, 2.75) is 31.7 Å². The van der Waals surface area contributed by atoms with Gasteiger partial charge in [0.05, 0.1) is 17.0 Å². The lowest BCUT2D eigenvalue weighted by molar-refractivity contribution is -0.137. The quantitative estimate of drug-likeness (QED) is 0.923. The van der Waals surface area contributed by atoms with Crippen molar-refractivity contribution in [3.8, 4) is 6.07 Å². The lowest BCUT2D eigenvalue weighted by Crippen LogP contribution is -2.40. The van der Waals surface area contributed by atoms with Crippen LogP contribution >= 0.6 is 11.6 Å². The molecule has 5 heteroatoms. The average molecular weight is 279 g/mol. The van der Waals surface area contributed by atoms with Gasteiger partial charge in [-0.25, -0.2) is 0 Å². The van der Waals surface area contributed by atoms with Crippen molar-refractivity contribution in [3.63, 3.8) is 0 Å². The van der Waals surface area contributed by atoms with Gasteiger partial charge in [0.15, 0.2) is 0 Å². The molecule has 1 fully saturated rings. The average Bonchev–Trinajstić information content (AvgIpc) is 2.38. The summed E-state index contributed by atoms with van der Waals surface area (Å²) < 4.78 is 0. The second-order valence-corrected chi connectivity index (χ2v) is 5.12. The van der Waals surface area contributed by atoms with Gasteiger partial charge in [-0.3, -0.25) is 4.79 Å². The largest absolute Gasteiger partial charge is 0.481 e. The molecule has 1 aliphatic rings. The van der Waals surface area contributed by atoms with E-state index in [4.69, 9.17) is 22.0 Å². The molecule has 4 nitrogen and oxygen atoms in total. The minimum absolute atomic E-state index is 0.00949. The van der Waals surface area contributed by atoms with Crippen LogP contribution in [0.15, 0.2) is 18.2 Å².